The maximum atomic E-state index is 13.4. The van der Waals surface area contributed by atoms with Gasteiger partial charge in [-0.15, -0.1) is 0 Å². The van der Waals surface area contributed by atoms with Gasteiger partial charge in [-0.3, -0.25) is 4.79 Å². The van der Waals surface area contributed by atoms with Gasteiger partial charge in [0.15, 0.2) is 18.9 Å². The molecule has 516 valence electrons. The molecular weight excluding hydrogens is 1130 g/mol. The van der Waals surface area contributed by atoms with Gasteiger partial charge in [-0.05, 0) is 51.4 Å². The van der Waals surface area contributed by atoms with E-state index in [1.54, 1.807) is 6.08 Å². The third-order valence-corrected chi connectivity index (χ3v) is 17.7. The summed E-state index contributed by atoms with van der Waals surface area (Å²) in [7, 11) is 0. The fourth-order valence-electron chi connectivity index (χ4n) is 11.9. The highest BCUT2D eigenvalue weighted by Crippen LogP contribution is 2.33. The van der Waals surface area contributed by atoms with E-state index in [0.717, 1.165) is 57.8 Å². The Labute approximate surface area is 530 Å². The number of unbranched alkanes of at least 4 members (excludes halogenated alkanes) is 34. The molecule has 0 aliphatic carbocycles. The van der Waals surface area contributed by atoms with Gasteiger partial charge in [-0.2, -0.15) is 0 Å². The van der Waals surface area contributed by atoms with Crippen molar-refractivity contribution in [2.75, 3.05) is 26.4 Å². The molecule has 3 rings (SSSR count). The van der Waals surface area contributed by atoms with Gasteiger partial charge in [-0.1, -0.05) is 243 Å². The summed E-state index contributed by atoms with van der Waals surface area (Å²) < 4.78 is 34.4. The minimum Gasteiger partial charge on any atom is -0.394 e. The molecule has 17 unspecified atom stereocenters. The third kappa shape index (κ3) is 33.2. The zero-order valence-corrected chi connectivity index (χ0v) is 54.5. The number of ether oxygens (including phenoxy) is 6. The van der Waals surface area contributed by atoms with E-state index >= 15 is 0 Å². The van der Waals surface area contributed by atoms with E-state index in [2.05, 4.69) is 43.5 Å². The Morgan fingerprint density at radius 3 is 1.16 bits per heavy atom. The van der Waals surface area contributed by atoms with E-state index < -0.39 is 124 Å². The molecule has 3 aliphatic heterocycles. The summed E-state index contributed by atoms with van der Waals surface area (Å²) in [5.74, 6) is -0.276. The number of carbonyl (C=O) groups excluding carboxylic acids is 1. The van der Waals surface area contributed by atoms with Crippen molar-refractivity contribution in [3.8, 4) is 0 Å². The molecule has 19 heteroatoms. The molecule has 3 saturated heterocycles. The number of hydrogen-bond donors (Lipinski definition) is 12. The summed E-state index contributed by atoms with van der Waals surface area (Å²) in [5.41, 5.74) is 0. The SMILES string of the molecule is CCCCCCC/C=C\C/C=C\CCCCCCCCCCCCCC(=O)NC(COC1OC(CO)C(OC2OC(CO)C(OC3OC(CO)C(O)C(O)C3O)C(O)C2O)C(O)C1O)C(O)/C=C/CCCCCCCCCCCCCCCCCCCC. The first kappa shape index (κ1) is 80.2. The van der Waals surface area contributed by atoms with E-state index in [9.17, 15) is 61.0 Å². The van der Waals surface area contributed by atoms with Gasteiger partial charge in [0.25, 0.3) is 0 Å². The Kier molecular flexibility index (Phi) is 46.9. The van der Waals surface area contributed by atoms with E-state index in [1.807, 2.05) is 6.08 Å². The molecule has 0 bridgehead atoms. The Morgan fingerprint density at radius 2 is 0.750 bits per heavy atom. The predicted molar refractivity (Wildman–Crippen MR) is 342 cm³/mol. The van der Waals surface area contributed by atoms with Crippen LogP contribution in [0.3, 0.4) is 0 Å². The Balaban J connectivity index is 1.44. The number of amides is 1. The number of carbonyl (C=O) groups is 1. The molecule has 0 aromatic rings. The predicted octanol–water partition coefficient (Wildman–Crippen LogP) is 9.22. The average Bonchev–Trinajstić information content (AvgIpc) is 3.71. The largest absolute Gasteiger partial charge is 0.394 e. The quantitative estimate of drug-likeness (QED) is 0.0199. The monoisotopic (exact) mass is 1260 g/mol. The van der Waals surface area contributed by atoms with Crippen LogP contribution >= 0.6 is 0 Å². The molecule has 0 aromatic heterocycles. The zero-order valence-electron chi connectivity index (χ0n) is 54.5. The van der Waals surface area contributed by atoms with Crippen molar-refractivity contribution in [2.24, 2.45) is 0 Å². The summed E-state index contributed by atoms with van der Waals surface area (Å²) in [6, 6.07) is -0.974. The maximum Gasteiger partial charge on any atom is 0.220 e. The molecule has 12 N–H and O–H groups in total. The zero-order chi connectivity index (χ0) is 64.0. The lowest BCUT2D eigenvalue weighted by Gasteiger charge is -2.48. The van der Waals surface area contributed by atoms with Crippen LogP contribution in [0.25, 0.3) is 0 Å². The molecule has 3 fully saturated rings. The first-order valence-electron chi connectivity index (χ1n) is 35.2. The normalized spacial score (nSPS) is 28.6. The van der Waals surface area contributed by atoms with Crippen LogP contribution in [0.1, 0.15) is 264 Å². The third-order valence-electron chi connectivity index (χ3n) is 17.7. The lowest BCUT2D eigenvalue weighted by molar-refractivity contribution is -0.379. The topological polar surface area (TPSA) is 307 Å². The minimum absolute atomic E-state index is 0.242. The van der Waals surface area contributed by atoms with Crippen LogP contribution in [0, 0.1) is 0 Å². The Bertz CT molecular complexity index is 1740. The van der Waals surface area contributed by atoms with Crippen LogP contribution in [0.4, 0.5) is 0 Å². The number of aliphatic hydroxyl groups is 11. The van der Waals surface area contributed by atoms with Crippen molar-refractivity contribution < 1.29 is 89.4 Å². The van der Waals surface area contributed by atoms with Crippen molar-refractivity contribution in [2.45, 2.75) is 369 Å². The van der Waals surface area contributed by atoms with Crippen molar-refractivity contribution in [3.63, 3.8) is 0 Å². The number of hydrogen-bond acceptors (Lipinski definition) is 18. The number of nitrogens with one attached hydrogen (secondary N) is 1. The molecule has 1 amide bonds. The number of aliphatic hydroxyl groups excluding tert-OH is 11. The van der Waals surface area contributed by atoms with Crippen LogP contribution in [0.15, 0.2) is 36.5 Å². The fourth-order valence-corrected chi connectivity index (χ4v) is 11.9. The molecule has 3 heterocycles. The van der Waals surface area contributed by atoms with Crippen LogP contribution in [-0.4, -0.2) is 193 Å². The fraction of sp³-hybridized carbons (Fsp3) is 0.899. The number of allylic oxidation sites excluding steroid dienone is 5. The lowest BCUT2D eigenvalue weighted by Crippen LogP contribution is -2.66. The van der Waals surface area contributed by atoms with Crippen molar-refractivity contribution in [3.05, 3.63) is 36.5 Å². The van der Waals surface area contributed by atoms with Gasteiger partial charge in [0.05, 0.1) is 38.6 Å². The van der Waals surface area contributed by atoms with Crippen molar-refractivity contribution >= 4 is 5.91 Å². The molecule has 0 saturated carbocycles. The summed E-state index contributed by atoms with van der Waals surface area (Å²) >= 11 is 0. The van der Waals surface area contributed by atoms with Gasteiger partial charge in [-0.25, -0.2) is 0 Å². The summed E-state index contributed by atoms with van der Waals surface area (Å²) in [6.45, 7) is 1.75. The Morgan fingerprint density at radius 1 is 0.409 bits per heavy atom. The highest BCUT2D eigenvalue weighted by molar-refractivity contribution is 5.76. The van der Waals surface area contributed by atoms with Crippen LogP contribution in [0.2, 0.25) is 0 Å². The van der Waals surface area contributed by atoms with Crippen LogP contribution in [-0.2, 0) is 33.2 Å². The molecule has 0 spiro atoms. The summed E-state index contributed by atoms with van der Waals surface area (Å²) in [5, 5.41) is 121. The van der Waals surface area contributed by atoms with Crippen molar-refractivity contribution in [1.29, 1.82) is 0 Å². The molecule has 19 nitrogen and oxygen atoms in total. The standard InChI is InChI=1S/C69H127NO18/c1-3-5-7-9-11-13-15-17-19-21-23-25-26-27-29-31-33-35-37-39-41-43-45-47-57(75)70-52(53(74)46-44-42-40-38-36-34-32-30-28-24-22-20-18-16-14-12-10-8-6-4-2)51-83-67-63(81)60(78)65(55(49-72)85-67)88-69-64(82)61(79)66(56(50-73)86-69)87-68-62(80)59(77)58(76)54(48-71)84-68/h15,17,21,23,44,46,52-56,58-69,71-74,76-82H,3-14,16,18-20,22,24-43,45,47-51H2,1-2H3,(H,70,75)/b17-15-,23-21-,46-44+. The van der Waals surface area contributed by atoms with E-state index in [4.69, 9.17) is 28.4 Å². The summed E-state index contributed by atoms with van der Waals surface area (Å²) in [6.07, 6.45) is 32.5. The first-order valence-corrected chi connectivity index (χ1v) is 35.2. The maximum absolute atomic E-state index is 13.4. The second-order valence-corrected chi connectivity index (χ2v) is 25.3. The summed E-state index contributed by atoms with van der Waals surface area (Å²) in [4.78, 5) is 13.4. The molecule has 17 atom stereocenters. The Hall–Kier alpha value is -1.99. The highest BCUT2D eigenvalue weighted by Gasteiger charge is 2.53. The van der Waals surface area contributed by atoms with E-state index in [1.165, 1.54) is 180 Å². The molecule has 88 heavy (non-hydrogen) atoms. The lowest BCUT2D eigenvalue weighted by atomic mass is 9.96. The van der Waals surface area contributed by atoms with Crippen LogP contribution in [0.5, 0.6) is 0 Å². The smallest absolute Gasteiger partial charge is 0.220 e. The van der Waals surface area contributed by atoms with Gasteiger partial charge < -0.3 is 89.9 Å². The average molecular weight is 1260 g/mol. The van der Waals surface area contributed by atoms with Crippen LogP contribution < -0.4 is 5.32 Å². The number of rotatable bonds is 54. The second kappa shape index (κ2) is 51.4. The first-order chi connectivity index (χ1) is 42.8. The molecule has 0 aromatic carbocycles. The van der Waals surface area contributed by atoms with E-state index in [-0.39, 0.29) is 18.9 Å². The van der Waals surface area contributed by atoms with E-state index in [0.29, 0.717) is 6.42 Å². The van der Waals surface area contributed by atoms with Gasteiger partial charge in [0.1, 0.15) is 73.2 Å². The van der Waals surface area contributed by atoms with Gasteiger partial charge >= 0.3 is 0 Å². The highest BCUT2D eigenvalue weighted by atomic mass is 16.8. The molecule has 3 aliphatic rings. The minimum atomic E-state index is -1.98. The van der Waals surface area contributed by atoms with Crippen molar-refractivity contribution in [1.82, 2.24) is 5.32 Å². The van der Waals surface area contributed by atoms with Gasteiger partial charge in [0, 0.05) is 6.42 Å². The van der Waals surface area contributed by atoms with Gasteiger partial charge in [0.2, 0.25) is 5.91 Å². The molecule has 0 radical (unpaired) electrons. The second-order valence-electron chi connectivity index (χ2n) is 25.3. The molecular formula is C69H127NO18.